The molecule has 0 spiro atoms. The third-order valence-electron chi connectivity index (χ3n) is 2.78. The van der Waals surface area contributed by atoms with Crippen molar-refractivity contribution in [1.82, 2.24) is 0 Å². The topological polar surface area (TPSA) is 20.2 Å². The third-order valence-corrected chi connectivity index (χ3v) is 3.92. The average molecular weight is 196 g/mol. The van der Waals surface area contributed by atoms with Crippen molar-refractivity contribution in [3.8, 4) is 0 Å². The van der Waals surface area contributed by atoms with E-state index in [1.807, 2.05) is 11.3 Å². The van der Waals surface area contributed by atoms with Crippen molar-refractivity contribution in [2.24, 2.45) is 0 Å². The number of hydrogen-bond donors (Lipinski definition) is 1. The first-order chi connectivity index (χ1) is 6.42. The van der Waals surface area contributed by atoms with Crippen LogP contribution in [0.15, 0.2) is 5.38 Å². The van der Waals surface area contributed by atoms with Crippen LogP contribution in [0.5, 0.6) is 0 Å². The average Bonchev–Trinajstić information content (AvgIpc) is 2.38. The molecule has 2 heteroatoms. The molecule has 0 fully saturated rings. The van der Waals surface area contributed by atoms with E-state index in [0.717, 1.165) is 6.42 Å². The van der Waals surface area contributed by atoms with Gasteiger partial charge >= 0.3 is 0 Å². The molecule has 1 aliphatic rings. The van der Waals surface area contributed by atoms with Crippen molar-refractivity contribution >= 4 is 11.3 Å². The van der Waals surface area contributed by atoms with Gasteiger partial charge in [0.05, 0.1) is 0 Å². The van der Waals surface area contributed by atoms with Gasteiger partial charge in [-0.3, -0.25) is 0 Å². The molecule has 1 N–H and O–H groups in total. The number of fused-ring (bicyclic) bond motifs is 1. The van der Waals surface area contributed by atoms with Gasteiger partial charge in [0.2, 0.25) is 0 Å². The third kappa shape index (κ3) is 1.94. The second-order valence-corrected chi connectivity index (χ2v) is 4.66. The zero-order valence-electron chi connectivity index (χ0n) is 7.88. The van der Waals surface area contributed by atoms with Crippen LogP contribution in [-0.2, 0) is 19.3 Å². The number of aliphatic hydroxyl groups is 1. The maximum atomic E-state index is 8.91. The molecule has 1 aromatic heterocycles. The molecule has 0 unspecified atom stereocenters. The zero-order chi connectivity index (χ0) is 9.10. The van der Waals surface area contributed by atoms with Crippen LogP contribution >= 0.6 is 11.3 Å². The van der Waals surface area contributed by atoms with Gasteiger partial charge in [0.15, 0.2) is 0 Å². The van der Waals surface area contributed by atoms with Crippen LogP contribution in [0, 0.1) is 0 Å². The van der Waals surface area contributed by atoms with E-state index in [-0.39, 0.29) is 0 Å². The summed E-state index contributed by atoms with van der Waals surface area (Å²) in [6.07, 6.45) is 7.43. The van der Waals surface area contributed by atoms with Crippen molar-refractivity contribution < 1.29 is 5.11 Å². The molecule has 0 bridgehead atoms. The number of hydrogen-bond acceptors (Lipinski definition) is 2. The summed E-state index contributed by atoms with van der Waals surface area (Å²) in [4.78, 5) is 1.58. The van der Waals surface area contributed by atoms with Gasteiger partial charge in [0.25, 0.3) is 0 Å². The van der Waals surface area contributed by atoms with Gasteiger partial charge in [-0.2, -0.15) is 0 Å². The molecule has 1 aliphatic carbocycles. The van der Waals surface area contributed by atoms with Gasteiger partial charge < -0.3 is 5.11 Å². The first kappa shape index (κ1) is 9.22. The van der Waals surface area contributed by atoms with Crippen LogP contribution < -0.4 is 0 Å². The molecule has 0 saturated heterocycles. The lowest BCUT2D eigenvalue weighted by molar-refractivity contribution is 0.299. The van der Waals surface area contributed by atoms with Crippen LogP contribution in [0.2, 0.25) is 0 Å². The lowest BCUT2D eigenvalue weighted by atomic mass is 10.0. The van der Waals surface area contributed by atoms with Gasteiger partial charge in [0, 0.05) is 11.5 Å². The van der Waals surface area contributed by atoms with Crippen molar-refractivity contribution in [2.45, 2.75) is 38.5 Å². The first-order valence-electron chi connectivity index (χ1n) is 5.11. The molecular formula is C11H16OS. The number of aliphatic hydroxyl groups excluding tert-OH is 1. The summed E-state index contributed by atoms with van der Waals surface area (Å²) in [6.45, 7) is 0.295. The standard InChI is InChI=1S/C11H16OS/c12-7-6-9-8-13-11-5-3-1-2-4-10(9)11/h8,12H,1-7H2. The molecule has 1 aromatic rings. The molecule has 0 aromatic carbocycles. The zero-order valence-corrected chi connectivity index (χ0v) is 8.70. The Labute approximate surface area is 83.4 Å². The fourth-order valence-electron chi connectivity index (χ4n) is 2.07. The van der Waals surface area contributed by atoms with Gasteiger partial charge in [-0.1, -0.05) is 6.42 Å². The second kappa shape index (κ2) is 4.25. The Bertz CT molecular complexity index is 278. The molecule has 1 nitrogen and oxygen atoms in total. The fourth-order valence-corrected chi connectivity index (χ4v) is 3.25. The summed E-state index contributed by atoms with van der Waals surface area (Å²) in [5.74, 6) is 0. The van der Waals surface area contributed by atoms with Crippen LogP contribution in [-0.4, -0.2) is 11.7 Å². The summed E-state index contributed by atoms with van der Waals surface area (Å²) in [5, 5.41) is 11.2. The summed E-state index contributed by atoms with van der Waals surface area (Å²) in [6, 6.07) is 0. The molecule has 1 heterocycles. The quantitative estimate of drug-likeness (QED) is 0.721. The maximum Gasteiger partial charge on any atom is 0.0471 e. The highest BCUT2D eigenvalue weighted by Crippen LogP contribution is 2.29. The van der Waals surface area contributed by atoms with E-state index in [1.165, 1.54) is 37.7 Å². The van der Waals surface area contributed by atoms with E-state index in [1.54, 1.807) is 10.4 Å². The van der Waals surface area contributed by atoms with Gasteiger partial charge in [0.1, 0.15) is 0 Å². The lowest BCUT2D eigenvalue weighted by Gasteiger charge is -2.01. The highest BCUT2D eigenvalue weighted by atomic mass is 32.1. The van der Waals surface area contributed by atoms with E-state index in [0.29, 0.717) is 6.61 Å². The van der Waals surface area contributed by atoms with E-state index >= 15 is 0 Å². The monoisotopic (exact) mass is 196 g/mol. The minimum atomic E-state index is 0.295. The van der Waals surface area contributed by atoms with Gasteiger partial charge in [-0.25, -0.2) is 0 Å². The second-order valence-electron chi connectivity index (χ2n) is 3.70. The van der Waals surface area contributed by atoms with Crippen LogP contribution in [0.3, 0.4) is 0 Å². The van der Waals surface area contributed by atoms with E-state index in [9.17, 15) is 0 Å². The first-order valence-corrected chi connectivity index (χ1v) is 5.99. The minimum Gasteiger partial charge on any atom is -0.396 e. The molecule has 0 radical (unpaired) electrons. The largest absolute Gasteiger partial charge is 0.396 e. The Morgan fingerprint density at radius 1 is 1.23 bits per heavy atom. The van der Waals surface area contributed by atoms with E-state index in [2.05, 4.69) is 5.38 Å². The molecule has 0 amide bonds. The van der Waals surface area contributed by atoms with Crippen LogP contribution in [0.1, 0.15) is 35.3 Å². The predicted molar refractivity (Wildman–Crippen MR) is 56.4 cm³/mol. The Morgan fingerprint density at radius 2 is 2.08 bits per heavy atom. The number of thiophene rings is 1. The molecular weight excluding hydrogens is 180 g/mol. The summed E-state index contributed by atoms with van der Waals surface area (Å²) >= 11 is 1.89. The number of aryl methyl sites for hydroxylation is 1. The van der Waals surface area contributed by atoms with Gasteiger partial charge in [-0.15, -0.1) is 11.3 Å². The number of rotatable bonds is 2. The van der Waals surface area contributed by atoms with Crippen LogP contribution in [0.25, 0.3) is 0 Å². The molecule has 0 atom stereocenters. The molecule has 72 valence electrons. The maximum absolute atomic E-state index is 8.91. The highest BCUT2D eigenvalue weighted by molar-refractivity contribution is 7.10. The molecule has 2 rings (SSSR count). The van der Waals surface area contributed by atoms with Crippen molar-refractivity contribution in [1.29, 1.82) is 0 Å². The Balaban J connectivity index is 2.23. The molecule has 0 saturated carbocycles. The predicted octanol–water partition coefficient (Wildman–Crippen LogP) is 2.55. The summed E-state index contributed by atoms with van der Waals surface area (Å²) in [7, 11) is 0. The van der Waals surface area contributed by atoms with Gasteiger partial charge in [-0.05, 0) is 48.6 Å². The summed E-state index contributed by atoms with van der Waals surface area (Å²) in [5.41, 5.74) is 2.97. The summed E-state index contributed by atoms with van der Waals surface area (Å²) < 4.78 is 0. The van der Waals surface area contributed by atoms with Crippen molar-refractivity contribution in [3.05, 3.63) is 21.4 Å². The van der Waals surface area contributed by atoms with Crippen molar-refractivity contribution in [3.63, 3.8) is 0 Å². The van der Waals surface area contributed by atoms with E-state index in [4.69, 9.17) is 5.11 Å². The normalized spacial score (nSPS) is 16.7. The van der Waals surface area contributed by atoms with E-state index < -0.39 is 0 Å². The highest BCUT2D eigenvalue weighted by Gasteiger charge is 2.13. The molecule has 0 aliphatic heterocycles. The lowest BCUT2D eigenvalue weighted by Crippen LogP contribution is -1.94. The smallest absolute Gasteiger partial charge is 0.0471 e. The Kier molecular flexibility index (Phi) is 3.01. The fraction of sp³-hybridized carbons (Fsp3) is 0.636. The Hall–Kier alpha value is -0.340. The van der Waals surface area contributed by atoms with Crippen molar-refractivity contribution in [2.75, 3.05) is 6.61 Å². The minimum absolute atomic E-state index is 0.295. The van der Waals surface area contributed by atoms with Crippen LogP contribution in [0.4, 0.5) is 0 Å². The molecule has 13 heavy (non-hydrogen) atoms. The SMILES string of the molecule is OCCc1csc2c1CCCCC2. The Morgan fingerprint density at radius 3 is 2.92 bits per heavy atom.